The van der Waals surface area contributed by atoms with E-state index >= 15 is 0 Å². The molecule has 146 valence electrons. The molecule has 27 heavy (non-hydrogen) atoms. The molecule has 2 N–H and O–H groups in total. The van der Waals surface area contributed by atoms with Gasteiger partial charge >= 0.3 is 6.03 Å². The number of carbonyl (C=O) groups excluding carboxylic acids is 2. The fourth-order valence-corrected chi connectivity index (χ4v) is 3.63. The topological polar surface area (TPSA) is 79.9 Å². The molecule has 0 spiro atoms. The first-order chi connectivity index (χ1) is 13.2. The highest BCUT2D eigenvalue weighted by atomic mass is 16.5. The molecule has 3 fully saturated rings. The van der Waals surface area contributed by atoms with Gasteiger partial charge in [0.15, 0.2) is 0 Å². The Labute approximate surface area is 159 Å². The van der Waals surface area contributed by atoms with Crippen LogP contribution < -0.4 is 10.6 Å². The maximum Gasteiger partial charge on any atom is 0.322 e. The smallest absolute Gasteiger partial charge is 0.322 e. The zero-order valence-corrected chi connectivity index (χ0v) is 15.5. The van der Waals surface area contributed by atoms with Gasteiger partial charge in [-0.05, 0) is 56.4 Å². The maximum absolute atomic E-state index is 12.7. The molecule has 0 bridgehead atoms. The van der Waals surface area contributed by atoms with Gasteiger partial charge in [-0.2, -0.15) is 0 Å². The zero-order valence-electron chi connectivity index (χ0n) is 15.5. The first-order valence-electron chi connectivity index (χ1n) is 9.87. The number of amides is 3. The Kier molecular flexibility index (Phi) is 5.59. The summed E-state index contributed by atoms with van der Waals surface area (Å²) in [7, 11) is 0. The third kappa shape index (κ3) is 4.78. The Hall–Kier alpha value is -2.12. The second-order valence-electron chi connectivity index (χ2n) is 7.61. The lowest BCUT2D eigenvalue weighted by molar-refractivity contribution is -0.124. The van der Waals surface area contributed by atoms with Gasteiger partial charge in [-0.1, -0.05) is 0 Å². The van der Waals surface area contributed by atoms with Crippen LogP contribution in [0.4, 0.5) is 16.2 Å². The van der Waals surface area contributed by atoms with Crippen molar-refractivity contribution in [2.75, 3.05) is 37.0 Å². The van der Waals surface area contributed by atoms with Crippen molar-refractivity contribution in [3.63, 3.8) is 0 Å². The van der Waals surface area contributed by atoms with Gasteiger partial charge < -0.3 is 25.0 Å². The van der Waals surface area contributed by atoms with Crippen molar-refractivity contribution in [3.8, 4) is 0 Å². The van der Waals surface area contributed by atoms with Crippen LogP contribution >= 0.6 is 0 Å². The number of rotatable bonds is 6. The van der Waals surface area contributed by atoms with E-state index in [1.54, 1.807) is 12.1 Å². The highest BCUT2D eigenvalue weighted by molar-refractivity contribution is 5.95. The molecule has 7 heteroatoms. The second kappa shape index (κ2) is 8.27. The standard InChI is InChI=1S/C20H27N3O4/c24-19(18-2-1-10-27-18)21-15-3-5-16(6-4-15)22-20(25)23(17-7-8-17)12-14-9-11-26-13-14/h3-6,14,17-18H,1-2,7-13H2,(H,21,24)(H,22,25)/t14-,18+/m0/s1. The normalized spacial score (nSPS) is 24.6. The minimum atomic E-state index is -0.351. The Bertz CT molecular complexity index is 662. The van der Waals surface area contributed by atoms with E-state index in [-0.39, 0.29) is 18.0 Å². The number of carbonyl (C=O) groups is 2. The van der Waals surface area contributed by atoms with Crippen LogP contribution in [0, 0.1) is 5.92 Å². The Morgan fingerprint density at radius 2 is 1.74 bits per heavy atom. The summed E-state index contributed by atoms with van der Waals surface area (Å²) in [5.41, 5.74) is 1.43. The summed E-state index contributed by atoms with van der Waals surface area (Å²) >= 11 is 0. The fourth-order valence-electron chi connectivity index (χ4n) is 3.63. The van der Waals surface area contributed by atoms with Crippen molar-refractivity contribution < 1.29 is 19.1 Å². The van der Waals surface area contributed by atoms with Crippen molar-refractivity contribution in [1.29, 1.82) is 0 Å². The SMILES string of the molecule is O=C(Nc1ccc(NC(=O)N(C[C@@H]2CCOC2)C2CC2)cc1)[C@H]1CCCO1. The molecule has 3 aliphatic rings. The van der Waals surface area contributed by atoms with Crippen molar-refractivity contribution >= 4 is 23.3 Å². The maximum atomic E-state index is 12.7. The van der Waals surface area contributed by atoms with Crippen LogP contribution in [-0.2, 0) is 14.3 Å². The number of benzene rings is 1. The highest BCUT2D eigenvalue weighted by Gasteiger charge is 2.34. The molecule has 2 saturated heterocycles. The van der Waals surface area contributed by atoms with Crippen molar-refractivity contribution in [2.45, 2.75) is 44.2 Å². The summed E-state index contributed by atoms with van der Waals surface area (Å²) in [6.07, 6.45) is 4.52. The molecule has 4 rings (SSSR count). The molecule has 1 saturated carbocycles. The number of urea groups is 1. The monoisotopic (exact) mass is 373 g/mol. The average molecular weight is 373 g/mol. The third-order valence-electron chi connectivity index (χ3n) is 5.35. The van der Waals surface area contributed by atoms with Crippen molar-refractivity contribution in [2.24, 2.45) is 5.92 Å². The van der Waals surface area contributed by atoms with Crippen LogP contribution in [-0.4, -0.2) is 55.3 Å². The van der Waals surface area contributed by atoms with E-state index < -0.39 is 0 Å². The number of anilines is 2. The fraction of sp³-hybridized carbons (Fsp3) is 0.600. The van der Waals surface area contributed by atoms with Gasteiger partial charge in [-0.15, -0.1) is 0 Å². The van der Waals surface area contributed by atoms with Crippen molar-refractivity contribution in [1.82, 2.24) is 4.90 Å². The highest BCUT2D eigenvalue weighted by Crippen LogP contribution is 2.29. The molecular formula is C20H27N3O4. The molecule has 1 aliphatic carbocycles. The molecule has 1 aromatic carbocycles. The summed E-state index contributed by atoms with van der Waals surface area (Å²) in [5, 5.41) is 5.84. The summed E-state index contributed by atoms with van der Waals surface area (Å²) in [6, 6.07) is 7.53. The molecule has 2 heterocycles. The van der Waals surface area contributed by atoms with Gasteiger partial charge in [0.1, 0.15) is 6.10 Å². The lowest BCUT2D eigenvalue weighted by Gasteiger charge is -2.25. The lowest BCUT2D eigenvalue weighted by Crippen LogP contribution is -2.40. The van der Waals surface area contributed by atoms with E-state index in [2.05, 4.69) is 10.6 Å². The largest absolute Gasteiger partial charge is 0.381 e. The van der Waals surface area contributed by atoms with E-state index in [4.69, 9.17) is 9.47 Å². The molecule has 2 atom stereocenters. The van der Waals surface area contributed by atoms with Crippen LogP contribution in [0.25, 0.3) is 0 Å². The minimum absolute atomic E-state index is 0.0551. The zero-order chi connectivity index (χ0) is 18.6. The number of hydrogen-bond acceptors (Lipinski definition) is 4. The Morgan fingerprint density at radius 3 is 2.33 bits per heavy atom. The predicted molar refractivity (Wildman–Crippen MR) is 102 cm³/mol. The molecule has 0 aromatic heterocycles. The lowest BCUT2D eigenvalue weighted by atomic mass is 10.1. The predicted octanol–water partition coefficient (Wildman–Crippen LogP) is 2.84. The summed E-state index contributed by atoms with van der Waals surface area (Å²) in [5.74, 6) is 0.328. The Balaban J connectivity index is 1.31. The van der Waals surface area contributed by atoms with Crippen molar-refractivity contribution in [3.05, 3.63) is 24.3 Å². The summed E-state index contributed by atoms with van der Waals surface area (Å²) < 4.78 is 10.8. The molecule has 1 aromatic rings. The Morgan fingerprint density at radius 1 is 1.00 bits per heavy atom. The minimum Gasteiger partial charge on any atom is -0.381 e. The van der Waals surface area contributed by atoms with E-state index in [1.165, 1.54) is 0 Å². The number of nitrogens with zero attached hydrogens (tertiary/aromatic N) is 1. The van der Waals surface area contributed by atoms with Gasteiger partial charge in [0, 0.05) is 43.1 Å². The van der Waals surface area contributed by atoms with E-state index in [9.17, 15) is 9.59 Å². The van der Waals surface area contributed by atoms with E-state index in [0.29, 0.717) is 24.3 Å². The first kappa shape index (κ1) is 18.3. The van der Waals surface area contributed by atoms with Crippen LogP contribution in [0.2, 0.25) is 0 Å². The summed E-state index contributed by atoms with van der Waals surface area (Å²) in [4.78, 5) is 26.7. The quantitative estimate of drug-likeness (QED) is 0.804. The summed E-state index contributed by atoms with van der Waals surface area (Å²) in [6.45, 7) is 2.94. The van der Waals surface area contributed by atoms with Crippen LogP contribution in [0.1, 0.15) is 32.1 Å². The van der Waals surface area contributed by atoms with Gasteiger partial charge in [-0.3, -0.25) is 4.79 Å². The van der Waals surface area contributed by atoms with Gasteiger partial charge in [-0.25, -0.2) is 4.79 Å². The van der Waals surface area contributed by atoms with Gasteiger partial charge in [0.2, 0.25) is 0 Å². The van der Waals surface area contributed by atoms with Gasteiger partial charge in [0.05, 0.1) is 6.61 Å². The molecular weight excluding hydrogens is 346 g/mol. The molecule has 0 radical (unpaired) electrons. The number of nitrogens with one attached hydrogen (secondary N) is 2. The first-order valence-corrected chi connectivity index (χ1v) is 9.87. The van der Waals surface area contributed by atoms with Crippen LogP contribution in [0.15, 0.2) is 24.3 Å². The van der Waals surface area contributed by atoms with Crippen LogP contribution in [0.5, 0.6) is 0 Å². The average Bonchev–Trinajstić information content (AvgIpc) is 3.13. The van der Waals surface area contributed by atoms with Crippen LogP contribution in [0.3, 0.4) is 0 Å². The molecule has 3 amide bonds. The molecule has 2 aliphatic heterocycles. The molecule has 0 unspecified atom stereocenters. The molecule has 7 nitrogen and oxygen atoms in total. The van der Waals surface area contributed by atoms with E-state index in [1.807, 2.05) is 17.0 Å². The second-order valence-corrected chi connectivity index (χ2v) is 7.61. The number of ether oxygens (including phenoxy) is 2. The number of hydrogen-bond donors (Lipinski definition) is 2. The van der Waals surface area contributed by atoms with E-state index in [0.717, 1.165) is 57.6 Å². The third-order valence-corrected chi connectivity index (χ3v) is 5.35. The van der Waals surface area contributed by atoms with Gasteiger partial charge in [0.25, 0.3) is 5.91 Å².